The SMILES string of the molecule is Cc1ccc2c(c1)N(C)C(=O)C2(C)CCSCc1ccccc1. The fourth-order valence-corrected chi connectivity index (χ4v) is 4.39. The summed E-state index contributed by atoms with van der Waals surface area (Å²) in [6.45, 7) is 4.17. The van der Waals surface area contributed by atoms with Crippen LogP contribution in [-0.2, 0) is 16.0 Å². The van der Waals surface area contributed by atoms with Crippen molar-refractivity contribution in [3.63, 3.8) is 0 Å². The molecule has 1 heterocycles. The van der Waals surface area contributed by atoms with Crippen LogP contribution in [0.3, 0.4) is 0 Å². The van der Waals surface area contributed by atoms with Gasteiger partial charge in [-0.15, -0.1) is 0 Å². The highest BCUT2D eigenvalue weighted by atomic mass is 32.2. The lowest BCUT2D eigenvalue weighted by Crippen LogP contribution is -2.36. The van der Waals surface area contributed by atoms with E-state index >= 15 is 0 Å². The molecule has 2 aromatic carbocycles. The van der Waals surface area contributed by atoms with Crippen molar-refractivity contribution in [1.29, 1.82) is 0 Å². The fraction of sp³-hybridized carbons (Fsp3) is 0.350. The predicted molar refractivity (Wildman–Crippen MR) is 99.2 cm³/mol. The topological polar surface area (TPSA) is 20.3 Å². The maximum Gasteiger partial charge on any atom is 0.237 e. The summed E-state index contributed by atoms with van der Waals surface area (Å²) < 4.78 is 0. The molecule has 0 fully saturated rings. The number of nitrogens with zero attached hydrogens (tertiary/aromatic N) is 1. The Labute approximate surface area is 142 Å². The van der Waals surface area contributed by atoms with Gasteiger partial charge in [-0.1, -0.05) is 42.5 Å². The van der Waals surface area contributed by atoms with Gasteiger partial charge in [0.1, 0.15) is 0 Å². The first-order valence-corrected chi connectivity index (χ1v) is 9.19. The molecule has 3 heteroatoms. The van der Waals surface area contributed by atoms with Gasteiger partial charge in [0.05, 0.1) is 5.41 Å². The molecular weight excluding hydrogens is 302 g/mol. The lowest BCUT2D eigenvalue weighted by Gasteiger charge is -2.23. The van der Waals surface area contributed by atoms with Crippen molar-refractivity contribution in [2.45, 2.75) is 31.4 Å². The van der Waals surface area contributed by atoms with E-state index in [4.69, 9.17) is 0 Å². The van der Waals surface area contributed by atoms with Crippen molar-refractivity contribution in [3.8, 4) is 0 Å². The Kier molecular flexibility index (Phi) is 4.49. The number of carbonyl (C=O) groups is 1. The molecule has 3 rings (SSSR count). The summed E-state index contributed by atoms with van der Waals surface area (Å²) in [4.78, 5) is 14.6. The average molecular weight is 325 g/mol. The van der Waals surface area contributed by atoms with Crippen LogP contribution in [0.1, 0.15) is 30.0 Å². The van der Waals surface area contributed by atoms with Crippen molar-refractivity contribution >= 4 is 23.4 Å². The molecule has 0 saturated heterocycles. The molecule has 0 N–H and O–H groups in total. The van der Waals surface area contributed by atoms with Crippen molar-refractivity contribution in [1.82, 2.24) is 0 Å². The third-order valence-electron chi connectivity index (χ3n) is 4.74. The Morgan fingerprint density at radius 2 is 1.87 bits per heavy atom. The summed E-state index contributed by atoms with van der Waals surface area (Å²) >= 11 is 1.90. The maximum atomic E-state index is 12.8. The molecule has 0 aliphatic carbocycles. The lowest BCUT2D eigenvalue weighted by atomic mass is 9.81. The van der Waals surface area contributed by atoms with E-state index in [1.54, 1.807) is 0 Å². The lowest BCUT2D eigenvalue weighted by molar-refractivity contribution is -0.122. The average Bonchev–Trinajstić information content (AvgIpc) is 2.74. The number of likely N-dealkylation sites (N-methyl/N-ethyl adjacent to an activating group) is 1. The quantitative estimate of drug-likeness (QED) is 0.752. The third kappa shape index (κ3) is 3.02. The van der Waals surface area contributed by atoms with Crippen LogP contribution in [0.5, 0.6) is 0 Å². The Morgan fingerprint density at radius 3 is 2.61 bits per heavy atom. The zero-order valence-corrected chi connectivity index (χ0v) is 14.8. The second kappa shape index (κ2) is 6.40. The van der Waals surface area contributed by atoms with Crippen molar-refractivity contribution in [3.05, 3.63) is 65.2 Å². The minimum atomic E-state index is -0.387. The highest BCUT2D eigenvalue weighted by Gasteiger charge is 2.45. The van der Waals surface area contributed by atoms with Crippen LogP contribution in [0.4, 0.5) is 5.69 Å². The van der Waals surface area contributed by atoms with Crippen molar-refractivity contribution in [2.75, 3.05) is 17.7 Å². The van der Waals surface area contributed by atoms with E-state index in [1.807, 2.05) is 29.8 Å². The normalized spacial score (nSPS) is 20.0. The van der Waals surface area contributed by atoms with Gasteiger partial charge in [0.25, 0.3) is 0 Å². The fourth-order valence-electron chi connectivity index (χ4n) is 3.26. The number of hydrogen-bond acceptors (Lipinski definition) is 2. The first kappa shape index (κ1) is 16.1. The zero-order valence-electron chi connectivity index (χ0n) is 14.0. The Morgan fingerprint density at radius 1 is 1.13 bits per heavy atom. The van der Waals surface area contributed by atoms with Gasteiger partial charge in [-0.2, -0.15) is 11.8 Å². The van der Waals surface area contributed by atoms with Crippen molar-refractivity contribution in [2.24, 2.45) is 0 Å². The second-order valence-electron chi connectivity index (χ2n) is 6.51. The molecule has 0 aromatic heterocycles. The van der Waals surface area contributed by atoms with Gasteiger partial charge in [0.2, 0.25) is 5.91 Å². The molecule has 2 aromatic rings. The second-order valence-corrected chi connectivity index (χ2v) is 7.61. The van der Waals surface area contributed by atoms with Crippen LogP contribution in [0.2, 0.25) is 0 Å². The van der Waals surface area contributed by atoms with Gasteiger partial charge in [0.15, 0.2) is 0 Å². The van der Waals surface area contributed by atoms with Crippen LogP contribution in [0, 0.1) is 6.92 Å². The van der Waals surface area contributed by atoms with Crippen molar-refractivity contribution < 1.29 is 4.79 Å². The van der Waals surface area contributed by atoms with E-state index in [1.165, 1.54) is 16.7 Å². The van der Waals surface area contributed by atoms with Crippen LogP contribution in [0.25, 0.3) is 0 Å². The van der Waals surface area contributed by atoms with E-state index in [0.717, 1.165) is 23.6 Å². The van der Waals surface area contributed by atoms with E-state index < -0.39 is 0 Å². The third-order valence-corrected chi connectivity index (χ3v) is 5.77. The highest BCUT2D eigenvalue weighted by molar-refractivity contribution is 7.98. The monoisotopic (exact) mass is 325 g/mol. The summed E-state index contributed by atoms with van der Waals surface area (Å²) in [6, 6.07) is 16.9. The van der Waals surface area contributed by atoms with Crippen LogP contribution >= 0.6 is 11.8 Å². The first-order valence-electron chi connectivity index (χ1n) is 8.03. The molecule has 1 amide bonds. The molecule has 0 saturated carbocycles. The van der Waals surface area contributed by atoms with Crippen LogP contribution < -0.4 is 4.90 Å². The molecule has 0 bridgehead atoms. The number of carbonyl (C=O) groups excluding carboxylic acids is 1. The number of rotatable bonds is 5. The summed E-state index contributed by atoms with van der Waals surface area (Å²) in [7, 11) is 1.89. The predicted octanol–water partition coefficient (Wildman–Crippen LogP) is 4.55. The van der Waals surface area contributed by atoms with E-state index in [-0.39, 0.29) is 11.3 Å². The molecule has 0 radical (unpaired) electrons. The van der Waals surface area contributed by atoms with E-state index in [9.17, 15) is 4.79 Å². The number of hydrogen-bond donors (Lipinski definition) is 0. The molecule has 1 aliphatic heterocycles. The number of thioether (sulfide) groups is 1. The van der Waals surface area contributed by atoms with E-state index in [2.05, 4.69) is 56.3 Å². The number of anilines is 1. The van der Waals surface area contributed by atoms with Gasteiger partial charge in [-0.25, -0.2) is 0 Å². The standard InChI is InChI=1S/C20H23NOS/c1-15-9-10-17-18(13-15)21(3)19(22)20(17,2)11-12-23-14-16-7-5-4-6-8-16/h4-10,13H,11-12,14H2,1-3H3. The van der Waals surface area contributed by atoms with Gasteiger partial charge in [-0.05, 0) is 48.8 Å². The van der Waals surface area contributed by atoms with Gasteiger partial charge < -0.3 is 4.90 Å². The summed E-state index contributed by atoms with van der Waals surface area (Å²) in [5.41, 5.74) is 4.41. The van der Waals surface area contributed by atoms with E-state index in [0.29, 0.717) is 0 Å². The van der Waals surface area contributed by atoms with Crippen LogP contribution in [-0.4, -0.2) is 18.7 Å². The Balaban J connectivity index is 1.69. The van der Waals surface area contributed by atoms with Crippen LogP contribution in [0.15, 0.2) is 48.5 Å². The molecule has 1 atom stereocenters. The summed E-state index contributed by atoms with van der Waals surface area (Å²) in [6.07, 6.45) is 0.879. The first-order chi connectivity index (χ1) is 11.0. The number of aryl methyl sites for hydroxylation is 1. The van der Waals surface area contributed by atoms with Gasteiger partial charge in [-0.3, -0.25) is 4.79 Å². The Hall–Kier alpha value is -1.74. The minimum Gasteiger partial charge on any atom is -0.314 e. The van der Waals surface area contributed by atoms with Gasteiger partial charge >= 0.3 is 0 Å². The summed E-state index contributed by atoms with van der Waals surface area (Å²) in [5, 5.41) is 0. The van der Waals surface area contributed by atoms with Gasteiger partial charge in [0, 0.05) is 18.5 Å². The molecule has 23 heavy (non-hydrogen) atoms. The number of benzene rings is 2. The largest absolute Gasteiger partial charge is 0.314 e. The molecule has 120 valence electrons. The zero-order chi connectivity index (χ0) is 16.4. The number of fused-ring (bicyclic) bond motifs is 1. The summed E-state index contributed by atoms with van der Waals surface area (Å²) in [5.74, 6) is 2.21. The Bertz CT molecular complexity index is 713. The minimum absolute atomic E-state index is 0.221. The smallest absolute Gasteiger partial charge is 0.237 e. The molecule has 1 unspecified atom stereocenters. The molecule has 2 nitrogen and oxygen atoms in total. The molecule has 0 spiro atoms. The molecule has 1 aliphatic rings. The highest BCUT2D eigenvalue weighted by Crippen LogP contribution is 2.44. The molecular formula is C20H23NOS. The maximum absolute atomic E-state index is 12.8. The number of amides is 1.